The van der Waals surface area contributed by atoms with Gasteiger partial charge in [0.2, 0.25) is 10.0 Å². The molecule has 21 heavy (non-hydrogen) atoms. The summed E-state index contributed by atoms with van der Waals surface area (Å²) in [7, 11) is -3.43. The lowest BCUT2D eigenvalue weighted by Gasteiger charge is -2.26. The van der Waals surface area contributed by atoms with Crippen molar-refractivity contribution in [3.63, 3.8) is 0 Å². The molecule has 0 aliphatic carbocycles. The first-order valence-electron chi connectivity index (χ1n) is 7.53. The average Bonchev–Trinajstić information content (AvgIpc) is 2.47. The third-order valence-electron chi connectivity index (χ3n) is 3.61. The summed E-state index contributed by atoms with van der Waals surface area (Å²) in [4.78, 5) is 0.324. The fraction of sp³-hybridized carbons (Fsp3) is 0.600. The number of unbranched alkanes of at least 4 members (excludes halogenated alkanes) is 1. The third kappa shape index (κ3) is 3.49. The maximum atomic E-state index is 12.7. The molecule has 118 valence electrons. The van der Waals surface area contributed by atoms with Crippen LogP contribution >= 0.6 is 0 Å². The predicted molar refractivity (Wildman–Crippen MR) is 84.4 cm³/mol. The van der Waals surface area contributed by atoms with E-state index in [1.54, 1.807) is 18.2 Å². The van der Waals surface area contributed by atoms with Crippen molar-refractivity contribution in [3.05, 3.63) is 18.2 Å². The number of nitrogens with one attached hydrogen (secondary N) is 1. The van der Waals surface area contributed by atoms with Crippen molar-refractivity contribution >= 4 is 15.7 Å². The largest absolute Gasteiger partial charge is 0.487 e. The molecule has 1 aliphatic heterocycles. The van der Waals surface area contributed by atoms with E-state index in [0.29, 0.717) is 30.3 Å². The minimum absolute atomic E-state index is 0.0941. The Morgan fingerprint density at radius 2 is 2.14 bits per heavy atom. The van der Waals surface area contributed by atoms with Gasteiger partial charge in [-0.15, -0.1) is 0 Å². The first kappa shape index (κ1) is 16.1. The Morgan fingerprint density at radius 1 is 1.38 bits per heavy atom. The van der Waals surface area contributed by atoms with Gasteiger partial charge >= 0.3 is 0 Å². The molecule has 6 heteroatoms. The number of hydrogen-bond acceptors (Lipinski definition) is 4. The van der Waals surface area contributed by atoms with Crippen molar-refractivity contribution in [2.75, 3.05) is 25.0 Å². The number of ether oxygens (including phenoxy) is 1. The minimum Gasteiger partial charge on any atom is -0.487 e. The highest BCUT2D eigenvalue weighted by molar-refractivity contribution is 7.89. The van der Waals surface area contributed by atoms with Gasteiger partial charge < -0.3 is 10.1 Å². The summed E-state index contributed by atoms with van der Waals surface area (Å²) in [6, 6.07) is 5.03. The van der Waals surface area contributed by atoms with Crippen molar-refractivity contribution in [2.24, 2.45) is 0 Å². The molecular weight excluding hydrogens is 288 g/mol. The number of sulfonamides is 1. The average molecular weight is 312 g/mol. The Labute approximate surface area is 127 Å². The molecule has 1 aromatic carbocycles. The summed E-state index contributed by atoms with van der Waals surface area (Å²) in [5.74, 6) is 0.712. The Hall–Kier alpha value is -1.27. The molecule has 1 aromatic rings. The summed E-state index contributed by atoms with van der Waals surface area (Å²) >= 11 is 0. The molecular formula is C15H24N2O3S. The molecule has 0 saturated heterocycles. The smallest absolute Gasteiger partial charge is 0.243 e. The van der Waals surface area contributed by atoms with E-state index in [1.165, 1.54) is 4.31 Å². The van der Waals surface area contributed by atoms with Crippen LogP contribution < -0.4 is 10.1 Å². The summed E-state index contributed by atoms with van der Waals surface area (Å²) < 4.78 is 32.6. The van der Waals surface area contributed by atoms with Crippen molar-refractivity contribution in [2.45, 2.75) is 44.6 Å². The number of benzene rings is 1. The standard InChI is InChI=1S/C15H24N2O3S/c1-4-6-9-17(5-2)21(18,19)13-7-8-15-14(10-13)16-11-12(3)20-15/h7-8,10,12,16H,4-6,9,11H2,1-3H3. The number of anilines is 1. The lowest BCUT2D eigenvalue weighted by Crippen LogP contribution is -2.32. The number of fused-ring (bicyclic) bond motifs is 1. The Kier molecular flexibility index (Phi) is 5.11. The third-order valence-corrected chi connectivity index (χ3v) is 5.58. The number of hydrogen-bond donors (Lipinski definition) is 1. The molecule has 1 atom stereocenters. The second-order valence-corrected chi connectivity index (χ2v) is 7.26. The molecule has 5 nitrogen and oxygen atoms in total. The van der Waals surface area contributed by atoms with Gasteiger partial charge in [-0.1, -0.05) is 20.3 Å². The topological polar surface area (TPSA) is 58.6 Å². The van der Waals surface area contributed by atoms with E-state index in [0.717, 1.165) is 18.5 Å². The minimum atomic E-state index is -3.43. The van der Waals surface area contributed by atoms with E-state index in [2.05, 4.69) is 12.2 Å². The molecule has 1 unspecified atom stereocenters. The van der Waals surface area contributed by atoms with Gasteiger partial charge in [0.05, 0.1) is 17.1 Å². The molecule has 0 aromatic heterocycles. The van der Waals surface area contributed by atoms with Crippen LogP contribution in [0.15, 0.2) is 23.1 Å². The maximum absolute atomic E-state index is 12.7. The molecule has 0 spiro atoms. The van der Waals surface area contributed by atoms with Crippen LogP contribution in [0.3, 0.4) is 0 Å². The van der Waals surface area contributed by atoms with Gasteiger partial charge in [0.15, 0.2) is 0 Å². The molecule has 0 bridgehead atoms. The van der Waals surface area contributed by atoms with Gasteiger partial charge in [-0.3, -0.25) is 0 Å². The Balaban J connectivity index is 2.28. The van der Waals surface area contributed by atoms with E-state index in [9.17, 15) is 8.42 Å². The summed E-state index contributed by atoms with van der Waals surface area (Å²) in [6.07, 6.45) is 1.94. The van der Waals surface area contributed by atoms with Crippen LogP contribution in [0.2, 0.25) is 0 Å². The van der Waals surface area contributed by atoms with Crippen LogP contribution in [-0.4, -0.2) is 38.5 Å². The normalized spacial score (nSPS) is 18.0. The molecule has 0 saturated carbocycles. The van der Waals surface area contributed by atoms with E-state index in [1.807, 2.05) is 13.8 Å². The van der Waals surface area contributed by atoms with Gasteiger partial charge in [-0.2, -0.15) is 4.31 Å². The monoisotopic (exact) mass is 312 g/mol. The van der Waals surface area contributed by atoms with Crippen LogP contribution in [0.1, 0.15) is 33.6 Å². The molecule has 0 fully saturated rings. The second kappa shape index (κ2) is 6.66. The van der Waals surface area contributed by atoms with Crippen LogP contribution in [0.5, 0.6) is 5.75 Å². The molecule has 2 rings (SSSR count). The Morgan fingerprint density at radius 3 is 2.81 bits per heavy atom. The Bertz CT molecular complexity index is 587. The molecule has 1 aliphatic rings. The van der Waals surface area contributed by atoms with Gasteiger partial charge in [-0.05, 0) is 31.5 Å². The van der Waals surface area contributed by atoms with Crippen LogP contribution in [0.4, 0.5) is 5.69 Å². The SMILES string of the molecule is CCCCN(CC)S(=O)(=O)c1ccc2c(c1)NCC(C)O2. The molecule has 1 heterocycles. The maximum Gasteiger partial charge on any atom is 0.243 e. The van der Waals surface area contributed by atoms with E-state index >= 15 is 0 Å². The van der Waals surface area contributed by atoms with Gasteiger partial charge in [0.1, 0.15) is 11.9 Å². The van der Waals surface area contributed by atoms with Crippen molar-refractivity contribution in [3.8, 4) is 5.75 Å². The zero-order chi connectivity index (χ0) is 15.5. The highest BCUT2D eigenvalue weighted by Crippen LogP contribution is 2.32. The summed E-state index contributed by atoms with van der Waals surface area (Å²) in [5, 5.41) is 3.22. The fourth-order valence-electron chi connectivity index (χ4n) is 2.35. The first-order valence-corrected chi connectivity index (χ1v) is 8.97. The summed E-state index contributed by atoms with van der Waals surface area (Å²) in [5.41, 5.74) is 0.751. The highest BCUT2D eigenvalue weighted by Gasteiger charge is 2.25. The van der Waals surface area contributed by atoms with Crippen LogP contribution in [0.25, 0.3) is 0 Å². The van der Waals surface area contributed by atoms with E-state index in [-0.39, 0.29) is 6.10 Å². The number of rotatable bonds is 6. The van der Waals surface area contributed by atoms with E-state index in [4.69, 9.17) is 4.74 Å². The highest BCUT2D eigenvalue weighted by atomic mass is 32.2. The van der Waals surface area contributed by atoms with Crippen LogP contribution in [0, 0.1) is 0 Å². The van der Waals surface area contributed by atoms with Crippen molar-refractivity contribution in [1.29, 1.82) is 0 Å². The van der Waals surface area contributed by atoms with Gasteiger partial charge in [-0.25, -0.2) is 8.42 Å². The second-order valence-electron chi connectivity index (χ2n) is 5.32. The van der Waals surface area contributed by atoms with Crippen molar-refractivity contribution in [1.82, 2.24) is 4.31 Å². The van der Waals surface area contributed by atoms with Gasteiger partial charge in [0, 0.05) is 13.1 Å². The first-order chi connectivity index (χ1) is 9.98. The van der Waals surface area contributed by atoms with Crippen molar-refractivity contribution < 1.29 is 13.2 Å². The zero-order valence-corrected chi connectivity index (χ0v) is 13.7. The molecule has 0 radical (unpaired) electrons. The lowest BCUT2D eigenvalue weighted by atomic mass is 10.2. The predicted octanol–water partition coefficient (Wildman–Crippen LogP) is 2.69. The zero-order valence-electron chi connectivity index (χ0n) is 12.9. The van der Waals surface area contributed by atoms with Gasteiger partial charge in [0.25, 0.3) is 0 Å². The number of nitrogens with zero attached hydrogens (tertiary/aromatic N) is 1. The van der Waals surface area contributed by atoms with E-state index < -0.39 is 10.0 Å². The molecule has 0 amide bonds. The van der Waals surface area contributed by atoms with Crippen LogP contribution in [-0.2, 0) is 10.0 Å². The molecule has 1 N–H and O–H groups in total. The lowest BCUT2D eigenvalue weighted by molar-refractivity contribution is 0.226. The fourth-order valence-corrected chi connectivity index (χ4v) is 3.87. The summed E-state index contributed by atoms with van der Waals surface area (Å²) in [6.45, 7) is 7.64. The quantitative estimate of drug-likeness (QED) is 0.877.